The number of fused-ring (bicyclic) bond motifs is 1. The van der Waals surface area contributed by atoms with Crippen LogP contribution in [0.5, 0.6) is 0 Å². The highest BCUT2D eigenvalue weighted by Crippen LogP contribution is 2.45. The Morgan fingerprint density at radius 1 is 0.875 bits per heavy atom. The Hall–Kier alpha value is -3.32. The van der Waals surface area contributed by atoms with Gasteiger partial charge in [-0.1, -0.05) is 48.0 Å². The zero-order chi connectivity index (χ0) is 23.0. The normalized spacial score (nSPS) is 16.7. The highest BCUT2D eigenvalue weighted by Gasteiger charge is 2.43. The van der Waals surface area contributed by atoms with E-state index in [2.05, 4.69) is 0 Å². The largest absolute Gasteiger partial charge is 0.416 e. The molecule has 32 heavy (non-hydrogen) atoms. The van der Waals surface area contributed by atoms with Crippen LogP contribution in [0.1, 0.15) is 24.0 Å². The van der Waals surface area contributed by atoms with Crippen molar-refractivity contribution in [3.05, 3.63) is 88.9 Å². The van der Waals surface area contributed by atoms with Crippen LogP contribution in [0.15, 0.2) is 72.8 Å². The average molecular weight is 459 g/mol. The second kappa shape index (κ2) is 8.31. The summed E-state index contributed by atoms with van der Waals surface area (Å²) < 4.78 is 40.6. The molecule has 0 saturated heterocycles. The van der Waals surface area contributed by atoms with Gasteiger partial charge in [-0.3, -0.25) is 14.5 Å². The van der Waals surface area contributed by atoms with Gasteiger partial charge in [0.15, 0.2) is 0 Å². The number of anilines is 3. The van der Waals surface area contributed by atoms with Gasteiger partial charge in [-0.15, -0.1) is 0 Å². The SMILES string of the molecule is CCN1C(=O)C(c2ccccc2Cl)C(=O)N(c2ccccc2)c2cc(C(F)(F)F)ccc21. The molecule has 8 heteroatoms. The van der Waals surface area contributed by atoms with Gasteiger partial charge in [0.2, 0.25) is 11.8 Å². The van der Waals surface area contributed by atoms with E-state index < -0.39 is 29.5 Å². The minimum atomic E-state index is -4.62. The van der Waals surface area contributed by atoms with Gasteiger partial charge in [-0.25, -0.2) is 0 Å². The summed E-state index contributed by atoms with van der Waals surface area (Å²) in [4.78, 5) is 29.9. The molecule has 0 bridgehead atoms. The molecule has 1 aliphatic rings. The van der Waals surface area contributed by atoms with Crippen molar-refractivity contribution >= 4 is 40.5 Å². The Bertz CT molecular complexity index is 1180. The number of carbonyl (C=O) groups is 2. The molecule has 1 heterocycles. The molecule has 3 aromatic rings. The molecule has 0 spiro atoms. The summed E-state index contributed by atoms with van der Waals surface area (Å²) in [7, 11) is 0. The molecule has 164 valence electrons. The third-order valence-electron chi connectivity index (χ3n) is 5.36. The van der Waals surface area contributed by atoms with Gasteiger partial charge in [0.25, 0.3) is 0 Å². The van der Waals surface area contributed by atoms with E-state index in [1.807, 2.05) is 0 Å². The molecule has 1 aliphatic heterocycles. The number of amides is 2. The van der Waals surface area contributed by atoms with E-state index in [0.717, 1.165) is 12.1 Å². The minimum absolute atomic E-state index is 0.0132. The van der Waals surface area contributed by atoms with Crippen LogP contribution in [-0.4, -0.2) is 18.4 Å². The lowest BCUT2D eigenvalue weighted by atomic mass is 9.96. The van der Waals surface area contributed by atoms with Gasteiger partial charge < -0.3 is 4.90 Å². The highest BCUT2D eigenvalue weighted by atomic mass is 35.5. The molecule has 2 amide bonds. The molecular formula is C24H18ClF3N2O2. The number of hydrogen-bond acceptors (Lipinski definition) is 2. The zero-order valence-corrected chi connectivity index (χ0v) is 17.7. The van der Waals surface area contributed by atoms with Crippen molar-refractivity contribution in [2.75, 3.05) is 16.3 Å². The highest BCUT2D eigenvalue weighted by molar-refractivity contribution is 6.33. The van der Waals surface area contributed by atoms with E-state index in [-0.39, 0.29) is 22.9 Å². The minimum Gasteiger partial charge on any atom is -0.310 e. The molecular weight excluding hydrogens is 441 g/mol. The maximum atomic E-state index is 13.8. The predicted molar refractivity (Wildman–Crippen MR) is 117 cm³/mol. The first kappa shape index (κ1) is 21.9. The third kappa shape index (κ3) is 3.73. The number of alkyl halides is 3. The molecule has 0 aliphatic carbocycles. The van der Waals surface area contributed by atoms with Gasteiger partial charge in [0, 0.05) is 17.3 Å². The van der Waals surface area contributed by atoms with Crippen LogP contribution in [0.3, 0.4) is 0 Å². The van der Waals surface area contributed by atoms with Gasteiger partial charge in [-0.2, -0.15) is 13.2 Å². The maximum absolute atomic E-state index is 13.8. The van der Waals surface area contributed by atoms with Crippen LogP contribution < -0.4 is 9.80 Å². The Labute approximate surface area is 187 Å². The molecule has 4 nitrogen and oxygen atoms in total. The van der Waals surface area contributed by atoms with E-state index in [0.29, 0.717) is 11.3 Å². The van der Waals surface area contributed by atoms with Crippen LogP contribution in [0, 0.1) is 0 Å². The first-order chi connectivity index (χ1) is 15.2. The van der Waals surface area contributed by atoms with E-state index in [1.54, 1.807) is 61.5 Å². The van der Waals surface area contributed by atoms with Crippen molar-refractivity contribution in [2.45, 2.75) is 19.0 Å². The number of likely N-dealkylation sites (N-methyl/N-ethyl adjacent to an activating group) is 1. The Morgan fingerprint density at radius 3 is 2.16 bits per heavy atom. The number of hydrogen-bond donors (Lipinski definition) is 0. The van der Waals surface area contributed by atoms with Crippen molar-refractivity contribution in [1.82, 2.24) is 0 Å². The van der Waals surface area contributed by atoms with E-state index in [9.17, 15) is 22.8 Å². The van der Waals surface area contributed by atoms with Crippen LogP contribution in [0.25, 0.3) is 0 Å². The third-order valence-corrected chi connectivity index (χ3v) is 5.71. The predicted octanol–water partition coefficient (Wildman–Crippen LogP) is 6.17. The van der Waals surface area contributed by atoms with Crippen molar-refractivity contribution in [2.24, 2.45) is 0 Å². The fraction of sp³-hybridized carbons (Fsp3) is 0.167. The van der Waals surface area contributed by atoms with Crippen LogP contribution >= 0.6 is 11.6 Å². The second-order valence-corrected chi connectivity index (χ2v) is 7.65. The Morgan fingerprint density at radius 2 is 1.53 bits per heavy atom. The molecule has 4 rings (SSSR count). The second-order valence-electron chi connectivity index (χ2n) is 7.25. The van der Waals surface area contributed by atoms with Crippen LogP contribution in [0.2, 0.25) is 5.02 Å². The first-order valence-corrected chi connectivity index (χ1v) is 10.3. The summed E-state index contributed by atoms with van der Waals surface area (Å²) in [5.41, 5.74) is -0.0593. The summed E-state index contributed by atoms with van der Waals surface area (Å²) >= 11 is 6.33. The molecule has 0 aromatic heterocycles. The van der Waals surface area contributed by atoms with Crippen molar-refractivity contribution in [3.63, 3.8) is 0 Å². The van der Waals surface area contributed by atoms with Crippen molar-refractivity contribution < 1.29 is 22.8 Å². The number of benzene rings is 3. The fourth-order valence-electron chi connectivity index (χ4n) is 3.88. The number of rotatable bonds is 3. The lowest BCUT2D eigenvalue weighted by Crippen LogP contribution is -2.39. The molecule has 0 fully saturated rings. The van der Waals surface area contributed by atoms with E-state index in [1.165, 1.54) is 15.9 Å². The molecule has 3 aromatic carbocycles. The first-order valence-electron chi connectivity index (χ1n) is 9.90. The summed E-state index contributed by atoms with van der Waals surface area (Å²) in [6.45, 7) is 1.86. The number of halogens is 4. The summed E-state index contributed by atoms with van der Waals surface area (Å²) in [5.74, 6) is -2.54. The van der Waals surface area contributed by atoms with E-state index in [4.69, 9.17) is 11.6 Å². The Kier molecular flexibility index (Phi) is 5.69. The molecule has 0 N–H and O–H groups in total. The smallest absolute Gasteiger partial charge is 0.310 e. The topological polar surface area (TPSA) is 40.6 Å². The number of para-hydroxylation sites is 1. The van der Waals surface area contributed by atoms with Gasteiger partial charge >= 0.3 is 6.18 Å². The molecule has 0 radical (unpaired) electrons. The van der Waals surface area contributed by atoms with E-state index >= 15 is 0 Å². The van der Waals surface area contributed by atoms with Crippen molar-refractivity contribution in [3.8, 4) is 0 Å². The number of carbonyl (C=O) groups excluding carboxylic acids is 2. The summed E-state index contributed by atoms with van der Waals surface area (Å²) in [6.07, 6.45) is -4.62. The van der Waals surface area contributed by atoms with Gasteiger partial charge in [0.1, 0.15) is 5.92 Å². The monoisotopic (exact) mass is 458 g/mol. The number of nitrogens with zero attached hydrogens (tertiary/aromatic N) is 2. The standard InChI is InChI=1S/C24H18ClF3N2O2/c1-2-29-19-13-12-15(24(26,27)28)14-20(19)30(16-8-4-3-5-9-16)23(32)21(22(29)31)17-10-6-7-11-18(17)25/h3-14,21H,2H2,1H3. The van der Waals surface area contributed by atoms with Crippen LogP contribution in [0.4, 0.5) is 30.2 Å². The van der Waals surface area contributed by atoms with Gasteiger partial charge in [0.05, 0.1) is 16.9 Å². The maximum Gasteiger partial charge on any atom is 0.416 e. The van der Waals surface area contributed by atoms with Crippen LogP contribution in [-0.2, 0) is 15.8 Å². The Balaban J connectivity index is 2.02. The lowest BCUT2D eigenvalue weighted by Gasteiger charge is -2.26. The zero-order valence-electron chi connectivity index (χ0n) is 16.9. The summed E-state index contributed by atoms with van der Waals surface area (Å²) in [5, 5.41) is 0.227. The van der Waals surface area contributed by atoms with Gasteiger partial charge in [-0.05, 0) is 48.9 Å². The fourth-order valence-corrected chi connectivity index (χ4v) is 4.12. The summed E-state index contributed by atoms with van der Waals surface area (Å²) in [6, 6.07) is 17.8. The quantitative estimate of drug-likeness (QED) is 0.440. The average Bonchev–Trinajstić information content (AvgIpc) is 2.85. The lowest BCUT2D eigenvalue weighted by molar-refractivity contribution is -0.137. The molecule has 1 unspecified atom stereocenters. The van der Waals surface area contributed by atoms with Crippen molar-refractivity contribution in [1.29, 1.82) is 0 Å². The molecule has 1 atom stereocenters. The molecule has 0 saturated carbocycles.